The first-order valence-corrected chi connectivity index (χ1v) is 6.90. The van der Waals surface area contributed by atoms with Crippen molar-refractivity contribution in [2.24, 2.45) is 0 Å². The van der Waals surface area contributed by atoms with Gasteiger partial charge in [0.1, 0.15) is 0 Å². The van der Waals surface area contributed by atoms with Gasteiger partial charge in [-0.3, -0.25) is 4.79 Å². The van der Waals surface area contributed by atoms with Crippen molar-refractivity contribution in [2.45, 2.75) is 19.9 Å². The molecule has 0 aliphatic carbocycles. The lowest BCUT2D eigenvalue weighted by Crippen LogP contribution is -2.44. The fraction of sp³-hybridized carbons (Fsp3) is 0.615. The number of hydrogen-bond acceptors (Lipinski definition) is 5. The monoisotopic (exact) mass is 261 g/mol. The van der Waals surface area contributed by atoms with Crippen molar-refractivity contribution in [2.75, 3.05) is 37.6 Å². The van der Waals surface area contributed by atoms with E-state index in [1.54, 1.807) is 6.20 Å². The van der Waals surface area contributed by atoms with Crippen molar-refractivity contribution in [3.05, 3.63) is 17.5 Å². The molecule has 1 saturated heterocycles. The van der Waals surface area contributed by atoms with E-state index in [2.05, 4.69) is 27.1 Å². The molecule has 0 radical (unpaired) electrons. The van der Waals surface area contributed by atoms with Gasteiger partial charge < -0.3 is 15.1 Å². The summed E-state index contributed by atoms with van der Waals surface area (Å²) in [5.74, 6) is 0.829. The number of nitrogens with zero attached hydrogens (tertiary/aromatic N) is 4. The molecule has 6 nitrogen and oxygen atoms in total. The van der Waals surface area contributed by atoms with Crippen LogP contribution in [0.1, 0.15) is 29.4 Å². The normalized spacial score (nSPS) is 18.9. The number of amides is 1. The van der Waals surface area contributed by atoms with Crippen LogP contribution in [0.5, 0.6) is 0 Å². The molecule has 3 rings (SSSR count). The molecule has 0 unspecified atom stereocenters. The van der Waals surface area contributed by atoms with Crippen LogP contribution in [0.4, 0.5) is 5.95 Å². The highest BCUT2D eigenvalue weighted by molar-refractivity contribution is 5.97. The average Bonchev–Trinajstić information content (AvgIpc) is 2.76. The SMILES string of the molecule is CCCN1Cc2nc(N3CCNCC3)ncc2C1=O. The number of nitrogens with one attached hydrogen (secondary N) is 1. The predicted molar refractivity (Wildman–Crippen MR) is 72.1 cm³/mol. The lowest BCUT2D eigenvalue weighted by molar-refractivity contribution is 0.0778. The lowest BCUT2D eigenvalue weighted by atomic mass is 10.3. The van der Waals surface area contributed by atoms with Gasteiger partial charge in [0.15, 0.2) is 0 Å². The Morgan fingerprint density at radius 3 is 2.89 bits per heavy atom. The van der Waals surface area contributed by atoms with Crippen LogP contribution in [0, 0.1) is 0 Å². The van der Waals surface area contributed by atoms with E-state index in [1.807, 2.05) is 4.90 Å². The number of rotatable bonds is 3. The maximum atomic E-state index is 12.1. The third-order valence-electron chi connectivity index (χ3n) is 3.61. The molecule has 1 fully saturated rings. The number of fused-ring (bicyclic) bond motifs is 1. The fourth-order valence-electron chi connectivity index (χ4n) is 2.60. The van der Waals surface area contributed by atoms with Crippen LogP contribution in [-0.2, 0) is 6.54 Å². The van der Waals surface area contributed by atoms with Gasteiger partial charge >= 0.3 is 0 Å². The second-order valence-electron chi connectivity index (χ2n) is 4.99. The molecule has 1 amide bonds. The van der Waals surface area contributed by atoms with Crippen molar-refractivity contribution < 1.29 is 4.79 Å². The lowest BCUT2D eigenvalue weighted by Gasteiger charge is -2.27. The van der Waals surface area contributed by atoms with Crippen LogP contribution in [0.25, 0.3) is 0 Å². The molecule has 2 aliphatic rings. The van der Waals surface area contributed by atoms with Crippen molar-refractivity contribution >= 4 is 11.9 Å². The van der Waals surface area contributed by atoms with Gasteiger partial charge in [-0.15, -0.1) is 0 Å². The summed E-state index contributed by atoms with van der Waals surface area (Å²) in [7, 11) is 0. The molecule has 1 aromatic heterocycles. The zero-order chi connectivity index (χ0) is 13.2. The Kier molecular flexibility index (Phi) is 3.33. The first-order valence-electron chi connectivity index (χ1n) is 6.90. The van der Waals surface area contributed by atoms with E-state index in [-0.39, 0.29) is 5.91 Å². The Morgan fingerprint density at radius 2 is 2.16 bits per heavy atom. The van der Waals surface area contributed by atoms with Crippen molar-refractivity contribution in [3.8, 4) is 0 Å². The minimum atomic E-state index is 0.0729. The highest BCUT2D eigenvalue weighted by Crippen LogP contribution is 2.22. The van der Waals surface area contributed by atoms with E-state index in [4.69, 9.17) is 0 Å². The summed E-state index contributed by atoms with van der Waals surface area (Å²) in [6.07, 6.45) is 2.66. The molecule has 6 heteroatoms. The predicted octanol–water partition coefficient (Wildman–Crippen LogP) is 0.252. The Labute approximate surface area is 112 Å². The molecule has 0 aromatic carbocycles. The van der Waals surface area contributed by atoms with Crippen molar-refractivity contribution in [1.29, 1.82) is 0 Å². The summed E-state index contributed by atoms with van der Waals surface area (Å²) < 4.78 is 0. The number of carbonyl (C=O) groups excluding carboxylic acids is 1. The number of hydrogen-bond donors (Lipinski definition) is 1. The molecule has 0 spiro atoms. The van der Waals surface area contributed by atoms with Crippen LogP contribution in [0.2, 0.25) is 0 Å². The van der Waals surface area contributed by atoms with Gasteiger partial charge in [-0.05, 0) is 6.42 Å². The molecular formula is C13H19N5O. The Balaban J connectivity index is 1.82. The van der Waals surface area contributed by atoms with Gasteiger partial charge in [0.05, 0.1) is 17.8 Å². The number of anilines is 1. The van der Waals surface area contributed by atoms with Crippen molar-refractivity contribution in [1.82, 2.24) is 20.2 Å². The highest BCUT2D eigenvalue weighted by atomic mass is 16.2. The second kappa shape index (κ2) is 5.13. The molecule has 0 saturated carbocycles. The Bertz CT molecular complexity index is 484. The molecule has 1 N–H and O–H groups in total. The second-order valence-corrected chi connectivity index (χ2v) is 4.99. The van der Waals surface area contributed by atoms with Gasteiger partial charge in [0, 0.05) is 38.9 Å². The van der Waals surface area contributed by atoms with Crippen molar-refractivity contribution in [3.63, 3.8) is 0 Å². The van der Waals surface area contributed by atoms with E-state index in [0.29, 0.717) is 12.1 Å². The summed E-state index contributed by atoms with van der Waals surface area (Å²) in [6.45, 7) is 7.26. The summed E-state index contributed by atoms with van der Waals surface area (Å²) in [5, 5.41) is 3.31. The van der Waals surface area contributed by atoms with E-state index >= 15 is 0 Å². The highest BCUT2D eigenvalue weighted by Gasteiger charge is 2.29. The maximum Gasteiger partial charge on any atom is 0.257 e. The largest absolute Gasteiger partial charge is 0.338 e. The zero-order valence-electron chi connectivity index (χ0n) is 11.2. The molecule has 1 aromatic rings. The Morgan fingerprint density at radius 1 is 1.37 bits per heavy atom. The van der Waals surface area contributed by atoms with Crippen LogP contribution in [0.15, 0.2) is 6.20 Å². The average molecular weight is 261 g/mol. The van der Waals surface area contributed by atoms with E-state index in [9.17, 15) is 4.79 Å². The first-order chi connectivity index (χ1) is 9.29. The van der Waals surface area contributed by atoms with Gasteiger partial charge in [-0.25, -0.2) is 9.97 Å². The summed E-state index contributed by atoms with van der Waals surface area (Å²) in [4.78, 5) is 25.1. The molecular weight excluding hydrogens is 242 g/mol. The molecule has 19 heavy (non-hydrogen) atoms. The van der Waals surface area contributed by atoms with Gasteiger partial charge in [-0.1, -0.05) is 6.92 Å². The first kappa shape index (κ1) is 12.3. The van der Waals surface area contributed by atoms with E-state index < -0.39 is 0 Å². The molecule has 0 atom stereocenters. The smallest absolute Gasteiger partial charge is 0.257 e. The summed E-state index contributed by atoms with van der Waals surface area (Å²) in [5.41, 5.74) is 1.55. The van der Waals surface area contributed by atoms with Crippen LogP contribution in [0.3, 0.4) is 0 Å². The standard InChI is InChI=1S/C13H19N5O/c1-2-5-18-9-11-10(12(18)19)8-15-13(16-11)17-6-3-14-4-7-17/h8,14H,2-7,9H2,1H3. The minimum absolute atomic E-state index is 0.0729. The molecule has 102 valence electrons. The van der Waals surface area contributed by atoms with Crippen LogP contribution in [-0.4, -0.2) is 53.5 Å². The summed E-state index contributed by atoms with van der Waals surface area (Å²) in [6, 6.07) is 0. The van der Waals surface area contributed by atoms with Gasteiger partial charge in [0.2, 0.25) is 5.95 Å². The maximum absolute atomic E-state index is 12.1. The summed E-state index contributed by atoms with van der Waals surface area (Å²) >= 11 is 0. The number of piperazine rings is 1. The number of carbonyl (C=O) groups is 1. The molecule has 3 heterocycles. The topological polar surface area (TPSA) is 61.4 Å². The molecule has 0 bridgehead atoms. The Hall–Kier alpha value is -1.69. The van der Waals surface area contributed by atoms with Crippen LogP contribution < -0.4 is 10.2 Å². The zero-order valence-corrected chi connectivity index (χ0v) is 11.2. The van der Waals surface area contributed by atoms with Crippen LogP contribution >= 0.6 is 0 Å². The fourth-order valence-corrected chi connectivity index (χ4v) is 2.60. The van der Waals surface area contributed by atoms with E-state index in [0.717, 1.165) is 50.8 Å². The number of aromatic nitrogens is 2. The molecule has 2 aliphatic heterocycles. The van der Waals surface area contributed by atoms with Gasteiger partial charge in [-0.2, -0.15) is 0 Å². The van der Waals surface area contributed by atoms with E-state index in [1.165, 1.54) is 0 Å². The quantitative estimate of drug-likeness (QED) is 0.845. The third kappa shape index (κ3) is 2.28. The minimum Gasteiger partial charge on any atom is -0.338 e. The van der Waals surface area contributed by atoms with Gasteiger partial charge in [0.25, 0.3) is 5.91 Å². The third-order valence-corrected chi connectivity index (χ3v) is 3.61.